The minimum absolute atomic E-state index is 0.0128. The van der Waals surface area contributed by atoms with E-state index in [2.05, 4.69) is 21.2 Å². The van der Waals surface area contributed by atoms with E-state index in [0.29, 0.717) is 10.9 Å². The number of carbonyl (C=O) groups excluding carboxylic acids is 2. The topological polar surface area (TPSA) is 61.8 Å². The van der Waals surface area contributed by atoms with Gasteiger partial charge in [0.15, 0.2) is 5.17 Å². The highest BCUT2D eigenvalue weighted by Crippen LogP contribution is 2.39. The summed E-state index contributed by atoms with van der Waals surface area (Å²) in [5, 5.41) is 3.15. The summed E-state index contributed by atoms with van der Waals surface area (Å²) < 4.78 is 0.815. The summed E-state index contributed by atoms with van der Waals surface area (Å²) in [6.07, 6.45) is 2.12. The van der Waals surface area contributed by atoms with Gasteiger partial charge >= 0.3 is 0 Å². The van der Waals surface area contributed by atoms with Gasteiger partial charge in [-0.25, -0.2) is 4.99 Å². The molecule has 1 aliphatic heterocycles. The van der Waals surface area contributed by atoms with E-state index in [0.717, 1.165) is 28.6 Å². The Morgan fingerprint density at radius 3 is 2.75 bits per heavy atom. The van der Waals surface area contributed by atoms with Crippen LogP contribution in [0.4, 0.5) is 11.4 Å². The first kappa shape index (κ1) is 19.2. The third kappa shape index (κ3) is 4.31. The van der Waals surface area contributed by atoms with Crippen molar-refractivity contribution in [2.45, 2.75) is 37.5 Å². The number of amides is 2. The molecule has 0 aromatic heterocycles. The monoisotopic (exact) mass is 457 g/mol. The van der Waals surface area contributed by atoms with E-state index in [-0.39, 0.29) is 24.3 Å². The van der Waals surface area contributed by atoms with Gasteiger partial charge < -0.3 is 5.32 Å². The van der Waals surface area contributed by atoms with Gasteiger partial charge in [-0.05, 0) is 65.5 Å². The fraction of sp³-hybridized carbons (Fsp3) is 0.286. The number of carbonyl (C=O) groups is 2. The lowest BCUT2D eigenvalue weighted by Crippen LogP contribution is -2.35. The number of rotatable bonds is 5. The van der Waals surface area contributed by atoms with Crippen molar-refractivity contribution in [3.63, 3.8) is 0 Å². The highest BCUT2D eigenvalue weighted by molar-refractivity contribution is 9.10. The van der Waals surface area contributed by atoms with Crippen LogP contribution in [-0.4, -0.2) is 33.2 Å². The average Bonchev–Trinajstić information content (AvgIpc) is 3.43. The van der Waals surface area contributed by atoms with Crippen LogP contribution < -0.4 is 5.32 Å². The number of benzene rings is 2. The van der Waals surface area contributed by atoms with Gasteiger partial charge in [-0.15, -0.1) is 0 Å². The largest absolute Gasteiger partial charge is 0.325 e. The fourth-order valence-electron chi connectivity index (χ4n) is 3.10. The summed E-state index contributed by atoms with van der Waals surface area (Å²) in [4.78, 5) is 32.0. The lowest BCUT2D eigenvalue weighted by atomic mass is 10.2. The second-order valence-electron chi connectivity index (χ2n) is 7.01. The Kier molecular flexibility index (Phi) is 5.55. The number of aryl methyl sites for hydroxylation is 1. The molecule has 2 aliphatic rings. The third-order valence-electron chi connectivity index (χ3n) is 4.62. The number of nitrogens with one attached hydrogen (secondary N) is 1. The number of amidine groups is 1. The SMILES string of the molecule is Cc1cccc(N=C2SC(CC(=O)Nc3ccccc3Br)C(=O)N2C2CC2)c1. The van der Waals surface area contributed by atoms with Crippen LogP contribution in [0.1, 0.15) is 24.8 Å². The van der Waals surface area contributed by atoms with Gasteiger partial charge in [-0.2, -0.15) is 0 Å². The normalized spacial score (nSPS) is 20.6. The van der Waals surface area contributed by atoms with Crippen LogP contribution in [0.2, 0.25) is 0 Å². The zero-order chi connectivity index (χ0) is 19.7. The maximum Gasteiger partial charge on any atom is 0.242 e. The number of halogens is 1. The Bertz CT molecular complexity index is 958. The van der Waals surface area contributed by atoms with Crippen molar-refractivity contribution in [1.29, 1.82) is 0 Å². The summed E-state index contributed by atoms with van der Waals surface area (Å²) in [7, 11) is 0. The molecule has 28 heavy (non-hydrogen) atoms. The zero-order valence-electron chi connectivity index (χ0n) is 15.4. The van der Waals surface area contributed by atoms with Crippen molar-refractivity contribution in [2.24, 2.45) is 4.99 Å². The van der Waals surface area contributed by atoms with Crippen LogP contribution in [0.15, 0.2) is 58.0 Å². The third-order valence-corrected chi connectivity index (χ3v) is 6.47. The number of hydrogen-bond donors (Lipinski definition) is 1. The van der Waals surface area contributed by atoms with Gasteiger partial charge in [0.05, 0.1) is 11.4 Å². The van der Waals surface area contributed by atoms with Crippen LogP contribution in [-0.2, 0) is 9.59 Å². The van der Waals surface area contributed by atoms with Gasteiger partial charge in [0, 0.05) is 16.9 Å². The molecule has 0 radical (unpaired) electrons. The molecule has 2 amide bonds. The molecular weight excluding hydrogens is 438 g/mol. The molecule has 1 saturated carbocycles. The van der Waals surface area contributed by atoms with E-state index >= 15 is 0 Å². The number of hydrogen-bond acceptors (Lipinski definition) is 4. The van der Waals surface area contributed by atoms with Gasteiger partial charge in [0.1, 0.15) is 5.25 Å². The predicted octanol–water partition coefficient (Wildman–Crippen LogP) is 4.88. The van der Waals surface area contributed by atoms with Gasteiger partial charge in [0.25, 0.3) is 0 Å². The molecular formula is C21H20BrN3O2S. The summed E-state index contributed by atoms with van der Waals surface area (Å²) in [6.45, 7) is 2.02. The van der Waals surface area contributed by atoms with Crippen LogP contribution in [0.3, 0.4) is 0 Å². The highest BCUT2D eigenvalue weighted by atomic mass is 79.9. The standard InChI is InChI=1S/C21H20BrN3O2S/c1-13-5-4-6-14(11-13)23-21-25(15-9-10-15)20(27)18(28-21)12-19(26)24-17-8-3-2-7-16(17)22/h2-8,11,15,18H,9-10,12H2,1H3,(H,24,26). The molecule has 1 heterocycles. The van der Waals surface area contributed by atoms with Crippen molar-refractivity contribution in [1.82, 2.24) is 4.90 Å². The summed E-state index contributed by atoms with van der Waals surface area (Å²) in [5.41, 5.74) is 2.66. The smallest absolute Gasteiger partial charge is 0.242 e. The number of para-hydroxylation sites is 1. The predicted molar refractivity (Wildman–Crippen MR) is 117 cm³/mol. The van der Waals surface area contributed by atoms with Gasteiger partial charge in [-0.3, -0.25) is 14.5 Å². The summed E-state index contributed by atoms with van der Waals surface area (Å²) >= 11 is 4.82. The Morgan fingerprint density at radius 2 is 2.04 bits per heavy atom. The van der Waals surface area contributed by atoms with Crippen molar-refractivity contribution in [3.8, 4) is 0 Å². The molecule has 1 saturated heterocycles. The first-order valence-electron chi connectivity index (χ1n) is 9.21. The lowest BCUT2D eigenvalue weighted by molar-refractivity contribution is -0.128. The molecule has 0 bridgehead atoms. The fourth-order valence-corrected chi connectivity index (χ4v) is 4.70. The molecule has 1 unspecified atom stereocenters. The average molecular weight is 458 g/mol. The van der Waals surface area contributed by atoms with E-state index in [9.17, 15) is 9.59 Å². The molecule has 1 aliphatic carbocycles. The van der Waals surface area contributed by atoms with Gasteiger partial charge in [-0.1, -0.05) is 36.0 Å². The van der Waals surface area contributed by atoms with E-state index in [1.165, 1.54) is 11.8 Å². The summed E-state index contributed by atoms with van der Waals surface area (Å²) in [5.74, 6) is -0.188. The molecule has 0 spiro atoms. The van der Waals surface area contributed by atoms with Crippen molar-refractivity contribution >= 4 is 56.0 Å². The van der Waals surface area contributed by atoms with Crippen molar-refractivity contribution in [2.75, 3.05) is 5.32 Å². The van der Waals surface area contributed by atoms with E-state index in [4.69, 9.17) is 4.99 Å². The Labute approximate surface area is 176 Å². The Hall–Kier alpha value is -2.12. The quantitative estimate of drug-likeness (QED) is 0.695. The molecule has 2 aromatic carbocycles. The number of anilines is 1. The summed E-state index contributed by atoms with van der Waals surface area (Å²) in [6, 6.07) is 15.6. The lowest BCUT2D eigenvalue weighted by Gasteiger charge is -2.15. The van der Waals surface area contributed by atoms with E-state index in [1.54, 1.807) is 4.90 Å². The molecule has 1 N–H and O–H groups in total. The van der Waals surface area contributed by atoms with Crippen LogP contribution >= 0.6 is 27.7 Å². The maximum atomic E-state index is 12.9. The maximum absolute atomic E-state index is 12.9. The Morgan fingerprint density at radius 1 is 1.25 bits per heavy atom. The van der Waals surface area contributed by atoms with Gasteiger partial charge in [0.2, 0.25) is 11.8 Å². The number of thioether (sulfide) groups is 1. The molecule has 4 rings (SSSR count). The molecule has 7 heteroatoms. The Balaban J connectivity index is 1.50. The van der Waals surface area contributed by atoms with Crippen LogP contribution in [0.5, 0.6) is 0 Å². The molecule has 1 atom stereocenters. The minimum atomic E-state index is -0.438. The molecule has 2 aromatic rings. The van der Waals surface area contributed by atoms with Crippen LogP contribution in [0.25, 0.3) is 0 Å². The van der Waals surface area contributed by atoms with Crippen LogP contribution in [0, 0.1) is 6.92 Å². The first-order valence-corrected chi connectivity index (χ1v) is 10.9. The van der Waals surface area contributed by atoms with Crippen molar-refractivity contribution in [3.05, 3.63) is 58.6 Å². The number of aliphatic imine (C=N–C) groups is 1. The second-order valence-corrected chi connectivity index (χ2v) is 9.04. The first-order chi connectivity index (χ1) is 13.5. The minimum Gasteiger partial charge on any atom is -0.325 e. The number of nitrogens with zero attached hydrogens (tertiary/aromatic N) is 2. The highest BCUT2D eigenvalue weighted by Gasteiger charge is 2.46. The molecule has 2 fully saturated rings. The zero-order valence-corrected chi connectivity index (χ0v) is 17.8. The second kappa shape index (κ2) is 8.09. The molecule has 5 nitrogen and oxygen atoms in total. The molecule has 144 valence electrons. The van der Waals surface area contributed by atoms with Crippen molar-refractivity contribution < 1.29 is 9.59 Å². The van der Waals surface area contributed by atoms with E-state index in [1.807, 2.05) is 55.5 Å². The van der Waals surface area contributed by atoms with E-state index < -0.39 is 5.25 Å².